The Labute approximate surface area is 161 Å². The molecule has 1 saturated carbocycles. The van der Waals surface area contributed by atoms with E-state index in [0.717, 1.165) is 23.5 Å². The Balaban J connectivity index is 1.64. The molecule has 0 aliphatic heterocycles. The third-order valence-corrected chi connectivity index (χ3v) is 6.24. The highest BCUT2D eigenvalue weighted by atomic mass is 35.5. The lowest BCUT2D eigenvalue weighted by molar-refractivity contribution is 0.100. The van der Waals surface area contributed by atoms with Crippen molar-refractivity contribution in [3.05, 3.63) is 58.6 Å². The molecule has 26 heavy (non-hydrogen) atoms. The third kappa shape index (κ3) is 4.48. The molecule has 3 rings (SSSR count). The molecule has 1 aliphatic rings. The summed E-state index contributed by atoms with van der Waals surface area (Å²) in [7, 11) is 0. The molecule has 0 heterocycles. The molecule has 0 spiro atoms. The van der Waals surface area contributed by atoms with Crippen LogP contribution in [0.1, 0.15) is 61.9 Å². The average molecular weight is 370 g/mol. The van der Waals surface area contributed by atoms with Gasteiger partial charge in [0, 0.05) is 5.56 Å². The van der Waals surface area contributed by atoms with Crippen LogP contribution < -0.4 is 5.73 Å². The molecule has 0 saturated heterocycles. The van der Waals surface area contributed by atoms with Gasteiger partial charge < -0.3 is 5.73 Å². The van der Waals surface area contributed by atoms with Crippen LogP contribution >= 0.6 is 11.6 Å². The van der Waals surface area contributed by atoms with Gasteiger partial charge in [0.05, 0.1) is 10.6 Å². The van der Waals surface area contributed by atoms with Crippen molar-refractivity contribution in [3.63, 3.8) is 0 Å². The molecule has 3 heteroatoms. The molecule has 0 atom stereocenters. The molecular weight excluding hydrogens is 342 g/mol. The van der Waals surface area contributed by atoms with E-state index in [0.29, 0.717) is 16.0 Å². The summed E-state index contributed by atoms with van der Waals surface area (Å²) in [6.07, 6.45) is 7.82. The van der Waals surface area contributed by atoms with Crippen molar-refractivity contribution in [2.45, 2.75) is 52.4 Å². The minimum absolute atomic E-state index is 0.369. The van der Waals surface area contributed by atoms with Gasteiger partial charge in [-0.25, -0.2) is 0 Å². The number of primary amides is 1. The van der Waals surface area contributed by atoms with E-state index in [1.807, 2.05) is 12.1 Å². The number of carbonyl (C=O) groups excluding carboxylic acids is 1. The summed E-state index contributed by atoms with van der Waals surface area (Å²) in [4.78, 5) is 11.5. The number of hydrogen-bond donors (Lipinski definition) is 1. The molecule has 0 bridgehead atoms. The molecule has 2 nitrogen and oxygen atoms in total. The highest BCUT2D eigenvalue weighted by Gasteiger charge is 2.26. The van der Waals surface area contributed by atoms with Crippen molar-refractivity contribution >= 4 is 17.5 Å². The summed E-state index contributed by atoms with van der Waals surface area (Å²) < 4.78 is 0. The molecule has 1 fully saturated rings. The predicted octanol–water partition coefficient (Wildman–Crippen LogP) is 6.25. The highest BCUT2D eigenvalue weighted by Crippen LogP contribution is 2.39. The second-order valence-corrected chi connectivity index (χ2v) is 8.75. The Morgan fingerprint density at radius 1 is 1.12 bits per heavy atom. The Bertz CT molecular complexity index is 769. The lowest BCUT2D eigenvalue weighted by Crippen LogP contribution is -2.21. The Morgan fingerprint density at radius 2 is 1.77 bits per heavy atom. The van der Waals surface area contributed by atoms with Gasteiger partial charge in [0.25, 0.3) is 0 Å². The van der Waals surface area contributed by atoms with Crippen molar-refractivity contribution in [3.8, 4) is 11.1 Å². The fourth-order valence-electron chi connectivity index (χ4n) is 3.91. The Kier molecular flexibility index (Phi) is 5.72. The summed E-state index contributed by atoms with van der Waals surface area (Å²) in [5, 5.41) is 0.428. The lowest BCUT2D eigenvalue weighted by Gasteiger charge is -2.34. The second-order valence-electron chi connectivity index (χ2n) is 8.37. The molecule has 138 valence electrons. The minimum atomic E-state index is -0.496. The minimum Gasteiger partial charge on any atom is -0.366 e. The summed E-state index contributed by atoms with van der Waals surface area (Å²) >= 11 is 6.36. The number of hydrogen-bond acceptors (Lipinski definition) is 1. The van der Waals surface area contributed by atoms with E-state index >= 15 is 0 Å². The van der Waals surface area contributed by atoms with Crippen LogP contribution in [0.4, 0.5) is 0 Å². The van der Waals surface area contributed by atoms with Crippen molar-refractivity contribution in [2.75, 3.05) is 0 Å². The molecule has 0 radical (unpaired) electrons. The van der Waals surface area contributed by atoms with Crippen LogP contribution in [0.25, 0.3) is 11.1 Å². The van der Waals surface area contributed by atoms with Crippen LogP contribution in [0, 0.1) is 11.3 Å². The maximum atomic E-state index is 11.5. The molecule has 2 aromatic rings. The van der Waals surface area contributed by atoms with Gasteiger partial charge >= 0.3 is 0 Å². The number of rotatable bonds is 5. The number of benzene rings is 2. The molecule has 0 unspecified atom stereocenters. The fourth-order valence-corrected chi connectivity index (χ4v) is 4.24. The Hall–Kier alpha value is -1.80. The molecular formula is C23H28ClNO. The number of carbonyl (C=O) groups is 1. The summed E-state index contributed by atoms with van der Waals surface area (Å²) in [6, 6.07) is 13.9. The molecule has 0 aromatic heterocycles. The molecule has 2 aromatic carbocycles. The summed E-state index contributed by atoms with van der Waals surface area (Å²) in [5.41, 5.74) is 9.52. The van der Waals surface area contributed by atoms with Crippen molar-refractivity contribution < 1.29 is 4.79 Å². The van der Waals surface area contributed by atoms with Crippen LogP contribution in [0.3, 0.4) is 0 Å². The smallest absolute Gasteiger partial charge is 0.250 e. The van der Waals surface area contributed by atoms with E-state index in [2.05, 4.69) is 38.1 Å². The zero-order valence-corrected chi connectivity index (χ0v) is 16.5. The Morgan fingerprint density at radius 3 is 2.38 bits per heavy atom. The van der Waals surface area contributed by atoms with Gasteiger partial charge in [0.1, 0.15) is 0 Å². The van der Waals surface area contributed by atoms with Gasteiger partial charge in [-0.1, -0.05) is 61.8 Å². The monoisotopic (exact) mass is 369 g/mol. The van der Waals surface area contributed by atoms with Crippen LogP contribution in [-0.2, 0) is 6.42 Å². The zero-order chi connectivity index (χ0) is 18.7. The predicted molar refractivity (Wildman–Crippen MR) is 109 cm³/mol. The van der Waals surface area contributed by atoms with Crippen molar-refractivity contribution in [2.24, 2.45) is 17.1 Å². The molecule has 1 aliphatic carbocycles. The first kappa shape index (κ1) is 19.0. The second kappa shape index (κ2) is 7.84. The third-order valence-electron chi connectivity index (χ3n) is 5.83. The van der Waals surface area contributed by atoms with Crippen LogP contribution in [0.15, 0.2) is 42.5 Å². The maximum absolute atomic E-state index is 11.5. The van der Waals surface area contributed by atoms with E-state index in [9.17, 15) is 4.79 Å². The first-order valence-electron chi connectivity index (χ1n) is 9.53. The van der Waals surface area contributed by atoms with Gasteiger partial charge in [-0.15, -0.1) is 0 Å². The van der Waals surface area contributed by atoms with E-state index in [1.165, 1.54) is 37.7 Å². The van der Waals surface area contributed by atoms with Gasteiger partial charge in [0.2, 0.25) is 5.91 Å². The van der Waals surface area contributed by atoms with Gasteiger partial charge in [-0.2, -0.15) is 0 Å². The lowest BCUT2D eigenvalue weighted by atomic mass is 9.72. The van der Waals surface area contributed by atoms with E-state index in [-0.39, 0.29) is 0 Å². The summed E-state index contributed by atoms with van der Waals surface area (Å²) in [5.74, 6) is 0.369. The van der Waals surface area contributed by atoms with Crippen molar-refractivity contribution in [1.29, 1.82) is 0 Å². The van der Waals surface area contributed by atoms with Gasteiger partial charge in [-0.3, -0.25) is 4.79 Å². The fraction of sp³-hybridized carbons (Fsp3) is 0.435. The SMILES string of the molecule is CC1(C)CCC(CCc2ccc(-c3cccc(C(N)=O)c3Cl)cc2)CC1. The normalized spacial score (nSPS) is 17.2. The van der Waals surface area contributed by atoms with Gasteiger partial charge in [0.15, 0.2) is 0 Å². The number of aryl methyl sites for hydroxylation is 1. The first-order chi connectivity index (χ1) is 12.4. The number of halogens is 1. The maximum Gasteiger partial charge on any atom is 0.250 e. The van der Waals surface area contributed by atoms with E-state index < -0.39 is 5.91 Å². The van der Waals surface area contributed by atoms with Crippen LogP contribution in [-0.4, -0.2) is 5.91 Å². The molecule has 1 amide bonds. The van der Waals surface area contributed by atoms with E-state index in [4.69, 9.17) is 17.3 Å². The summed E-state index contributed by atoms with van der Waals surface area (Å²) in [6.45, 7) is 4.78. The topological polar surface area (TPSA) is 43.1 Å². The van der Waals surface area contributed by atoms with Crippen molar-refractivity contribution in [1.82, 2.24) is 0 Å². The van der Waals surface area contributed by atoms with Crippen LogP contribution in [0.5, 0.6) is 0 Å². The van der Waals surface area contributed by atoms with E-state index in [1.54, 1.807) is 6.07 Å². The quantitative estimate of drug-likeness (QED) is 0.664. The van der Waals surface area contributed by atoms with Gasteiger partial charge in [-0.05, 0) is 67.1 Å². The molecule has 2 N–H and O–H groups in total. The first-order valence-corrected chi connectivity index (χ1v) is 9.91. The highest BCUT2D eigenvalue weighted by molar-refractivity contribution is 6.36. The van der Waals surface area contributed by atoms with Crippen LogP contribution in [0.2, 0.25) is 5.02 Å². The zero-order valence-electron chi connectivity index (χ0n) is 15.7. The standard InChI is InChI=1S/C23H28ClNO/c1-23(2)14-12-17(13-15-23)7-6-16-8-10-18(11-9-16)19-4-3-5-20(21(19)24)22(25)26/h3-5,8-11,17H,6-7,12-15H2,1-2H3,(H2,25,26). The number of nitrogens with two attached hydrogens (primary N) is 1. The largest absolute Gasteiger partial charge is 0.366 e. The number of amides is 1. The average Bonchev–Trinajstić information content (AvgIpc) is 2.61.